The summed E-state index contributed by atoms with van der Waals surface area (Å²) in [5, 5.41) is 10.3. The zero-order valence-corrected chi connectivity index (χ0v) is 13.2. The second-order valence-electron chi connectivity index (χ2n) is 5.10. The fourth-order valence-corrected chi connectivity index (χ4v) is 3.08. The fraction of sp³-hybridized carbons (Fsp3) is 0.0588. The van der Waals surface area contributed by atoms with E-state index < -0.39 is 4.92 Å². The van der Waals surface area contributed by atoms with Crippen LogP contribution in [-0.2, 0) is 11.3 Å². The van der Waals surface area contributed by atoms with Crippen molar-refractivity contribution in [2.24, 2.45) is 0 Å². The van der Waals surface area contributed by atoms with Crippen LogP contribution in [0.1, 0.15) is 11.1 Å². The summed E-state index contributed by atoms with van der Waals surface area (Å²) >= 11 is 0.894. The lowest BCUT2D eigenvalue weighted by molar-refractivity contribution is -0.384. The third-order valence-corrected chi connectivity index (χ3v) is 4.37. The molecule has 0 N–H and O–H groups in total. The highest BCUT2D eigenvalue weighted by Crippen LogP contribution is 2.33. The average Bonchev–Trinajstić information content (AvgIpc) is 2.84. The molecule has 0 atom stereocenters. The van der Waals surface area contributed by atoms with E-state index in [0.29, 0.717) is 10.5 Å². The summed E-state index contributed by atoms with van der Waals surface area (Å²) in [5.74, 6) is -0.354. The number of thioether (sulfide) groups is 1. The number of nitro benzene ring substituents is 1. The second kappa shape index (κ2) is 6.67. The number of benzene rings is 2. The largest absolute Gasteiger partial charge is 0.293 e. The number of carbonyl (C=O) groups is 2. The Hall–Kier alpha value is -2.93. The maximum absolute atomic E-state index is 12.4. The first-order valence-electron chi connectivity index (χ1n) is 7.08. The zero-order chi connectivity index (χ0) is 17.1. The van der Waals surface area contributed by atoms with Crippen molar-refractivity contribution in [1.82, 2.24) is 4.90 Å². The molecule has 0 aliphatic carbocycles. The van der Waals surface area contributed by atoms with Crippen molar-refractivity contribution in [3.8, 4) is 0 Å². The van der Waals surface area contributed by atoms with E-state index in [1.165, 1.54) is 12.1 Å². The van der Waals surface area contributed by atoms with Crippen molar-refractivity contribution in [3.63, 3.8) is 0 Å². The summed E-state index contributed by atoms with van der Waals surface area (Å²) in [6, 6.07) is 15.1. The lowest BCUT2D eigenvalue weighted by Crippen LogP contribution is -2.27. The van der Waals surface area contributed by atoms with Crippen LogP contribution in [0.2, 0.25) is 0 Å². The van der Waals surface area contributed by atoms with Crippen LogP contribution >= 0.6 is 11.8 Å². The van der Waals surface area contributed by atoms with E-state index in [0.717, 1.165) is 22.2 Å². The summed E-state index contributed by atoms with van der Waals surface area (Å²) in [7, 11) is 0. The van der Waals surface area contributed by atoms with Crippen LogP contribution < -0.4 is 0 Å². The lowest BCUT2D eigenvalue weighted by Gasteiger charge is -2.12. The number of imide groups is 1. The molecule has 2 amide bonds. The highest BCUT2D eigenvalue weighted by atomic mass is 32.2. The van der Waals surface area contributed by atoms with E-state index in [9.17, 15) is 19.7 Å². The third-order valence-electron chi connectivity index (χ3n) is 3.46. The Morgan fingerprint density at radius 2 is 1.71 bits per heavy atom. The van der Waals surface area contributed by atoms with Gasteiger partial charge in [0.25, 0.3) is 16.8 Å². The van der Waals surface area contributed by atoms with Gasteiger partial charge in [-0.3, -0.25) is 24.6 Å². The van der Waals surface area contributed by atoms with Crippen LogP contribution in [0.5, 0.6) is 0 Å². The molecule has 7 heteroatoms. The van der Waals surface area contributed by atoms with Crippen molar-refractivity contribution in [2.75, 3.05) is 0 Å². The van der Waals surface area contributed by atoms with Crippen LogP contribution in [0.25, 0.3) is 6.08 Å². The zero-order valence-electron chi connectivity index (χ0n) is 12.4. The molecule has 0 spiro atoms. The van der Waals surface area contributed by atoms with Crippen LogP contribution in [0.15, 0.2) is 59.5 Å². The Bertz CT molecular complexity index is 831. The molecule has 0 aromatic heterocycles. The van der Waals surface area contributed by atoms with Gasteiger partial charge in [-0.1, -0.05) is 42.5 Å². The van der Waals surface area contributed by atoms with Gasteiger partial charge in [-0.2, -0.15) is 0 Å². The number of nitrogens with zero attached hydrogens (tertiary/aromatic N) is 2. The van der Waals surface area contributed by atoms with Crippen LogP contribution in [0, 0.1) is 10.1 Å². The van der Waals surface area contributed by atoms with Gasteiger partial charge in [-0.25, -0.2) is 0 Å². The maximum atomic E-state index is 12.4. The molecule has 6 nitrogen and oxygen atoms in total. The van der Waals surface area contributed by atoms with Crippen molar-refractivity contribution in [2.45, 2.75) is 6.54 Å². The number of hydrogen-bond acceptors (Lipinski definition) is 5. The van der Waals surface area contributed by atoms with E-state index in [4.69, 9.17) is 0 Å². The molecule has 0 radical (unpaired) electrons. The molecule has 1 aliphatic rings. The van der Waals surface area contributed by atoms with E-state index >= 15 is 0 Å². The van der Waals surface area contributed by atoms with E-state index in [1.807, 2.05) is 30.3 Å². The second-order valence-corrected chi connectivity index (χ2v) is 6.10. The third kappa shape index (κ3) is 3.36. The molecule has 2 aromatic rings. The number of amides is 2. The van der Waals surface area contributed by atoms with Crippen molar-refractivity contribution < 1.29 is 14.5 Å². The van der Waals surface area contributed by atoms with E-state index in [-0.39, 0.29) is 23.4 Å². The molecule has 1 fully saturated rings. The minimum atomic E-state index is -0.494. The van der Waals surface area contributed by atoms with Gasteiger partial charge in [0.1, 0.15) is 0 Å². The Labute approximate surface area is 141 Å². The van der Waals surface area contributed by atoms with E-state index in [2.05, 4.69) is 0 Å². The van der Waals surface area contributed by atoms with Crippen molar-refractivity contribution in [1.29, 1.82) is 0 Å². The van der Waals surface area contributed by atoms with Gasteiger partial charge in [0.2, 0.25) is 0 Å². The summed E-state index contributed by atoms with van der Waals surface area (Å²) in [5.41, 5.74) is 1.47. The minimum absolute atomic E-state index is 0.0307. The molecule has 2 aromatic carbocycles. The van der Waals surface area contributed by atoms with Crippen LogP contribution in [0.3, 0.4) is 0 Å². The molecular formula is C17H12N2O4S. The number of non-ortho nitro benzene ring substituents is 1. The highest BCUT2D eigenvalue weighted by Gasteiger charge is 2.34. The van der Waals surface area contributed by atoms with Gasteiger partial charge in [0.05, 0.1) is 16.4 Å². The van der Waals surface area contributed by atoms with Gasteiger partial charge in [0.15, 0.2) is 0 Å². The number of hydrogen-bond donors (Lipinski definition) is 0. The van der Waals surface area contributed by atoms with Gasteiger partial charge in [-0.05, 0) is 29.0 Å². The fourth-order valence-electron chi connectivity index (χ4n) is 2.24. The maximum Gasteiger partial charge on any atom is 0.293 e. The Balaban J connectivity index is 1.77. The Kier molecular flexibility index (Phi) is 4.43. The summed E-state index contributed by atoms with van der Waals surface area (Å²) in [6.07, 6.45) is 1.68. The summed E-state index contributed by atoms with van der Waals surface area (Å²) < 4.78 is 0. The average molecular weight is 340 g/mol. The minimum Gasteiger partial charge on any atom is -0.268 e. The van der Waals surface area contributed by atoms with Crippen LogP contribution in [0.4, 0.5) is 10.5 Å². The van der Waals surface area contributed by atoms with E-state index in [1.54, 1.807) is 18.2 Å². The monoisotopic (exact) mass is 340 g/mol. The summed E-state index contributed by atoms with van der Waals surface area (Å²) in [4.78, 5) is 36.2. The van der Waals surface area contributed by atoms with Crippen LogP contribution in [-0.4, -0.2) is 21.0 Å². The first-order chi connectivity index (χ1) is 11.5. The SMILES string of the molecule is O=C1S/C(=C/c2ccccc2)C(=O)N1Cc1ccc([N+](=O)[O-])cc1. The first kappa shape index (κ1) is 15.9. The topological polar surface area (TPSA) is 80.5 Å². The predicted molar refractivity (Wildman–Crippen MR) is 91.1 cm³/mol. The van der Waals surface area contributed by atoms with Crippen molar-refractivity contribution in [3.05, 3.63) is 80.7 Å². The van der Waals surface area contributed by atoms with Crippen molar-refractivity contribution >= 4 is 34.7 Å². The number of carbonyl (C=O) groups excluding carboxylic acids is 2. The molecule has 0 saturated carbocycles. The standard InChI is InChI=1S/C17H12N2O4S/c20-16-15(10-12-4-2-1-3-5-12)24-17(21)18(16)11-13-6-8-14(9-7-13)19(22)23/h1-10H,11H2/b15-10+. The molecular weight excluding hydrogens is 328 g/mol. The molecule has 1 saturated heterocycles. The molecule has 0 unspecified atom stereocenters. The molecule has 1 aliphatic heterocycles. The number of nitro groups is 1. The van der Waals surface area contributed by atoms with Gasteiger partial charge in [-0.15, -0.1) is 0 Å². The van der Waals surface area contributed by atoms with Gasteiger partial charge in [0, 0.05) is 12.1 Å². The summed E-state index contributed by atoms with van der Waals surface area (Å²) in [6.45, 7) is 0.0921. The number of rotatable bonds is 4. The normalized spacial score (nSPS) is 16.0. The molecule has 0 bridgehead atoms. The Morgan fingerprint density at radius 3 is 2.33 bits per heavy atom. The smallest absolute Gasteiger partial charge is 0.268 e. The highest BCUT2D eigenvalue weighted by molar-refractivity contribution is 8.18. The molecule has 1 heterocycles. The quantitative estimate of drug-likeness (QED) is 0.480. The lowest BCUT2D eigenvalue weighted by atomic mass is 10.2. The molecule has 120 valence electrons. The molecule has 3 rings (SSSR count). The van der Waals surface area contributed by atoms with Gasteiger partial charge < -0.3 is 0 Å². The molecule has 24 heavy (non-hydrogen) atoms. The predicted octanol–water partition coefficient (Wildman–Crippen LogP) is 3.83. The Morgan fingerprint density at radius 1 is 1.04 bits per heavy atom. The first-order valence-corrected chi connectivity index (χ1v) is 7.90. The van der Waals surface area contributed by atoms with Gasteiger partial charge >= 0.3 is 0 Å².